The van der Waals surface area contributed by atoms with E-state index in [0.717, 1.165) is 0 Å². The summed E-state index contributed by atoms with van der Waals surface area (Å²) in [5.74, 6) is 0. The number of nitrogens with zero attached hydrogens (tertiary/aromatic N) is 4. The van der Waals surface area contributed by atoms with Gasteiger partial charge in [-0.15, -0.1) is 0 Å². The molecule has 0 aliphatic carbocycles. The monoisotopic (exact) mass is 270 g/mol. The Morgan fingerprint density at radius 2 is 2.25 bits per heavy atom. The molecule has 0 saturated heterocycles. The van der Waals surface area contributed by atoms with E-state index in [2.05, 4.69) is 11.1 Å². The van der Waals surface area contributed by atoms with Crippen LogP contribution < -0.4 is 4.90 Å². The average molecular weight is 270 g/mol. The van der Waals surface area contributed by atoms with Crippen LogP contribution in [0, 0.1) is 21.4 Å². The van der Waals surface area contributed by atoms with Gasteiger partial charge in [0, 0.05) is 19.3 Å². The molecule has 2 aromatic rings. The summed E-state index contributed by atoms with van der Waals surface area (Å²) in [4.78, 5) is 17.0. The number of nitro benzene ring substituents is 1. The summed E-state index contributed by atoms with van der Waals surface area (Å²) in [6.45, 7) is 2.99. The van der Waals surface area contributed by atoms with Crippen molar-refractivity contribution < 1.29 is 4.92 Å². The first-order valence-corrected chi connectivity index (χ1v) is 6.33. The summed E-state index contributed by atoms with van der Waals surface area (Å²) in [7, 11) is 0. The molecule has 20 heavy (non-hydrogen) atoms. The molecular formula is C14H14N4O2. The van der Waals surface area contributed by atoms with E-state index in [1.165, 1.54) is 0 Å². The van der Waals surface area contributed by atoms with Crippen LogP contribution in [-0.2, 0) is 0 Å². The molecule has 0 aliphatic rings. The van der Waals surface area contributed by atoms with Crippen LogP contribution in [-0.4, -0.2) is 23.0 Å². The number of aromatic nitrogens is 1. The molecule has 0 radical (unpaired) electrons. The SMILES string of the molecule is CCN(CCC#N)c1ccc2ncccc2c1[N+](=O)[O-]. The molecule has 0 fully saturated rings. The highest BCUT2D eigenvalue weighted by atomic mass is 16.6. The van der Waals surface area contributed by atoms with Crippen LogP contribution in [0.5, 0.6) is 0 Å². The van der Waals surface area contributed by atoms with Gasteiger partial charge in [-0.05, 0) is 31.2 Å². The van der Waals surface area contributed by atoms with Gasteiger partial charge in [-0.25, -0.2) is 0 Å². The topological polar surface area (TPSA) is 83.1 Å². The molecule has 2 rings (SSSR count). The number of benzene rings is 1. The lowest BCUT2D eigenvalue weighted by atomic mass is 10.1. The molecule has 1 heterocycles. The minimum atomic E-state index is -0.381. The van der Waals surface area contributed by atoms with Gasteiger partial charge in [-0.2, -0.15) is 5.26 Å². The molecule has 0 saturated carbocycles. The Labute approximate surface area is 116 Å². The van der Waals surface area contributed by atoms with Crippen molar-refractivity contribution in [2.24, 2.45) is 0 Å². The standard InChI is InChI=1S/C14H14N4O2/c1-2-17(10-4-8-15)13-7-6-12-11(5-3-9-16-12)14(13)18(19)20/h3,5-7,9H,2,4,10H2,1H3. The van der Waals surface area contributed by atoms with Crippen LogP contribution in [0.2, 0.25) is 0 Å². The maximum Gasteiger partial charge on any atom is 0.301 e. The Hall–Kier alpha value is -2.68. The van der Waals surface area contributed by atoms with Crippen LogP contribution >= 0.6 is 0 Å². The zero-order valence-electron chi connectivity index (χ0n) is 11.1. The first kappa shape index (κ1) is 13.7. The molecule has 0 amide bonds. The quantitative estimate of drug-likeness (QED) is 0.616. The highest BCUT2D eigenvalue weighted by molar-refractivity contribution is 5.94. The third-order valence-corrected chi connectivity index (χ3v) is 3.13. The van der Waals surface area contributed by atoms with E-state index in [4.69, 9.17) is 5.26 Å². The molecular weight excluding hydrogens is 256 g/mol. The van der Waals surface area contributed by atoms with Gasteiger partial charge in [-0.3, -0.25) is 15.1 Å². The summed E-state index contributed by atoms with van der Waals surface area (Å²) < 4.78 is 0. The van der Waals surface area contributed by atoms with Crippen molar-refractivity contribution in [1.82, 2.24) is 4.98 Å². The predicted octanol–water partition coefficient (Wildman–Crippen LogP) is 2.88. The third kappa shape index (κ3) is 2.52. The van der Waals surface area contributed by atoms with Gasteiger partial charge in [0.25, 0.3) is 0 Å². The summed E-state index contributed by atoms with van der Waals surface area (Å²) in [5.41, 5.74) is 1.18. The molecule has 0 unspecified atom stereocenters. The van der Waals surface area contributed by atoms with Crippen LogP contribution in [0.1, 0.15) is 13.3 Å². The molecule has 0 spiro atoms. The lowest BCUT2D eigenvalue weighted by molar-refractivity contribution is -0.382. The number of hydrogen-bond acceptors (Lipinski definition) is 5. The molecule has 0 N–H and O–H groups in total. The maximum atomic E-state index is 11.4. The Bertz CT molecular complexity index is 678. The molecule has 0 atom stereocenters. The minimum absolute atomic E-state index is 0.0513. The molecule has 0 aliphatic heterocycles. The van der Waals surface area contributed by atoms with Crippen LogP contribution in [0.4, 0.5) is 11.4 Å². The van der Waals surface area contributed by atoms with Crippen molar-refractivity contribution in [2.75, 3.05) is 18.0 Å². The second-order valence-electron chi connectivity index (χ2n) is 4.25. The van der Waals surface area contributed by atoms with Crippen LogP contribution in [0.3, 0.4) is 0 Å². The fourth-order valence-electron chi connectivity index (χ4n) is 2.21. The largest absolute Gasteiger partial charge is 0.365 e. The Morgan fingerprint density at radius 3 is 2.90 bits per heavy atom. The highest BCUT2D eigenvalue weighted by Crippen LogP contribution is 2.35. The number of fused-ring (bicyclic) bond motifs is 1. The number of nitro groups is 1. The lowest BCUT2D eigenvalue weighted by Crippen LogP contribution is -2.24. The second kappa shape index (κ2) is 5.97. The summed E-state index contributed by atoms with van der Waals surface area (Å²) in [5, 5.41) is 20.6. The van der Waals surface area contributed by atoms with Crippen molar-refractivity contribution in [3.05, 3.63) is 40.6 Å². The smallest absolute Gasteiger partial charge is 0.301 e. The number of hydrogen-bond donors (Lipinski definition) is 0. The van der Waals surface area contributed by atoms with E-state index in [-0.39, 0.29) is 10.6 Å². The number of anilines is 1. The Morgan fingerprint density at radius 1 is 1.45 bits per heavy atom. The predicted molar refractivity (Wildman–Crippen MR) is 76.5 cm³/mol. The Balaban J connectivity index is 2.60. The number of nitriles is 1. The van der Waals surface area contributed by atoms with Crippen molar-refractivity contribution >= 4 is 22.3 Å². The summed E-state index contributed by atoms with van der Waals surface area (Å²) >= 11 is 0. The second-order valence-corrected chi connectivity index (χ2v) is 4.25. The first-order valence-electron chi connectivity index (χ1n) is 6.33. The number of rotatable bonds is 5. The molecule has 6 nitrogen and oxygen atoms in total. The Kier molecular flexibility index (Phi) is 4.11. The maximum absolute atomic E-state index is 11.4. The van der Waals surface area contributed by atoms with Gasteiger partial charge in [0.15, 0.2) is 0 Å². The van der Waals surface area contributed by atoms with E-state index in [9.17, 15) is 10.1 Å². The lowest BCUT2D eigenvalue weighted by Gasteiger charge is -2.22. The molecule has 1 aromatic heterocycles. The van der Waals surface area contributed by atoms with Gasteiger partial charge in [-0.1, -0.05) is 0 Å². The van der Waals surface area contributed by atoms with Gasteiger partial charge in [0.05, 0.1) is 28.3 Å². The van der Waals surface area contributed by atoms with E-state index in [0.29, 0.717) is 36.1 Å². The van der Waals surface area contributed by atoms with Crippen LogP contribution in [0.15, 0.2) is 30.5 Å². The molecule has 102 valence electrons. The molecule has 6 heteroatoms. The van der Waals surface area contributed by atoms with Crippen molar-refractivity contribution in [1.29, 1.82) is 5.26 Å². The van der Waals surface area contributed by atoms with Crippen LogP contribution in [0.25, 0.3) is 10.9 Å². The van der Waals surface area contributed by atoms with Gasteiger partial charge >= 0.3 is 5.69 Å². The van der Waals surface area contributed by atoms with Crippen molar-refractivity contribution in [2.45, 2.75) is 13.3 Å². The first-order chi connectivity index (χ1) is 9.69. The average Bonchev–Trinajstić information content (AvgIpc) is 2.47. The van der Waals surface area contributed by atoms with Crippen molar-refractivity contribution in [3.8, 4) is 6.07 Å². The van der Waals surface area contributed by atoms with E-state index in [1.54, 1.807) is 30.5 Å². The summed E-state index contributed by atoms with van der Waals surface area (Å²) in [6, 6.07) is 8.92. The third-order valence-electron chi connectivity index (χ3n) is 3.13. The fourth-order valence-corrected chi connectivity index (χ4v) is 2.21. The molecule has 0 bridgehead atoms. The highest BCUT2D eigenvalue weighted by Gasteiger charge is 2.22. The van der Waals surface area contributed by atoms with E-state index >= 15 is 0 Å². The van der Waals surface area contributed by atoms with Gasteiger partial charge in [0.1, 0.15) is 5.69 Å². The van der Waals surface area contributed by atoms with Crippen molar-refractivity contribution in [3.63, 3.8) is 0 Å². The minimum Gasteiger partial charge on any atom is -0.365 e. The van der Waals surface area contributed by atoms with Gasteiger partial charge < -0.3 is 4.90 Å². The summed E-state index contributed by atoms with van der Waals surface area (Å²) in [6.07, 6.45) is 1.94. The number of pyridine rings is 1. The fraction of sp³-hybridized carbons (Fsp3) is 0.286. The molecule has 1 aromatic carbocycles. The van der Waals surface area contributed by atoms with E-state index < -0.39 is 0 Å². The zero-order chi connectivity index (χ0) is 14.5. The van der Waals surface area contributed by atoms with Gasteiger partial charge in [0.2, 0.25) is 0 Å². The zero-order valence-corrected chi connectivity index (χ0v) is 11.1. The normalized spacial score (nSPS) is 10.2. The van der Waals surface area contributed by atoms with E-state index in [1.807, 2.05) is 11.8 Å².